The van der Waals surface area contributed by atoms with E-state index < -0.39 is 28.5 Å². The lowest BCUT2D eigenvalue weighted by molar-refractivity contribution is -0.140. The van der Waals surface area contributed by atoms with Crippen molar-refractivity contribution in [2.75, 3.05) is 24.2 Å². The first-order chi connectivity index (χ1) is 19.7. The molecule has 4 rings (SSSR count). The van der Waals surface area contributed by atoms with Gasteiger partial charge in [-0.1, -0.05) is 79.9 Å². The number of methoxy groups -OCH3 is 1. The molecule has 3 aromatic rings. The number of hydrogen-bond donors (Lipinski definition) is 1. The van der Waals surface area contributed by atoms with E-state index in [0.717, 1.165) is 53.8 Å². The number of nitrogens with zero attached hydrogens (tertiary/aromatic N) is 2. The van der Waals surface area contributed by atoms with Crippen molar-refractivity contribution in [3.05, 3.63) is 96.1 Å². The lowest BCUT2D eigenvalue weighted by Crippen LogP contribution is -2.55. The van der Waals surface area contributed by atoms with Crippen molar-refractivity contribution in [3.63, 3.8) is 0 Å². The van der Waals surface area contributed by atoms with Gasteiger partial charge >= 0.3 is 0 Å². The first-order valence-electron chi connectivity index (χ1n) is 14.0. The second-order valence-electron chi connectivity index (χ2n) is 10.5. The first-order valence-corrected chi connectivity index (χ1v) is 15.9. The summed E-state index contributed by atoms with van der Waals surface area (Å²) in [5.41, 5.74) is 2.06. The molecule has 1 saturated carbocycles. The third kappa shape index (κ3) is 8.57. The molecule has 0 spiro atoms. The third-order valence-electron chi connectivity index (χ3n) is 7.43. The van der Waals surface area contributed by atoms with E-state index in [9.17, 15) is 18.0 Å². The smallest absolute Gasteiger partial charge is 0.244 e. The largest absolute Gasteiger partial charge is 0.497 e. The summed E-state index contributed by atoms with van der Waals surface area (Å²) in [6, 6.07) is 24.7. The Labute approximate surface area is 243 Å². The molecule has 1 aliphatic rings. The Bertz CT molecular complexity index is 1390. The van der Waals surface area contributed by atoms with Gasteiger partial charge in [0.2, 0.25) is 21.8 Å². The summed E-state index contributed by atoms with van der Waals surface area (Å²) >= 11 is 0. The molecule has 0 aliphatic heterocycles. The zero-order valence-corrected chi connectivity index (χ0v) is 24.6. The molecule has 0 saturated heterocycles. The number of nitrogens with one attached hydrogen (secondary N) is 1. The van der Waals surface area contributed by atoms with Crippen LogP contribution in [-0.2, 0) is 32.6 Å². The zero-order valence-electron chi connectivity index (χ0n) is 23.7. The molecule has 41 heavy (non-hydrogen) atoms. The second kappa shape index (κ2) is 14.2. The number of carbonyl (C=O) groups is 2. The predicted molar refractivity (Wildman–Crippen MR) is 161 cm³/mol. The molecule has 1 atom stereocenters. The fourth-order valence-electron chi connectivity index (χ4n) is 5.27. The van der Waals surface area contributed by atoms with Gasteiger partial charge in [-0.2, -0.15) is 0 Å². The number of ether oxygens (including phenoxy) is 1. The molecule has 2 amide bonds. The minimum atomic E-state index is -3.79. The zero-order chi connectivity index (χ0) is 29.2. The van der Waals surface area contributed by atoms with Crippen LogP contribution in [0.4, 0.5) is 5.69 Å². The molecule has 0 radical (unpaired) electrons. The Morgan fingerprint density at radius 2 is 1.54 bits per heavy atom. The third-order valence-corrected chi connectivity index (χ3v) is 8.57. The molecule has 8 nitrogen and oxygen atoms in total. The number of anilines is 1. The maximum Gasteiger partial charge on any atom is 0.244 e. The van der Waals surface area contributed by atoms with Crippen molar-refractivity contribution in [1.29, 1.82) is 0 Å². The molecule has 218 valence electrons. The average Bonchev–Trinajstić information content (AvgIpc) is 2.98. The summed E-state index contributed by atoms with van der Waals surface area (Å²) in [7, 11) is -2.22. The number of sulfonamides is 1. The van der Waals surface area contributed by atoms with Gasteiger partial charge in [-0.05, 0) is 48.2 Å². The molecule has 0 aromatic heterocycles. The molecule has 1 fully saturated rings. The van der Waals surface area contributed by atoms with Crippen LogP contribution in [-0.4, -0.2) is 57.1 Å². The molecular formula is C32H39N3O5S. The quantitative estimate of drug-likeness (QED) is 0.341. The summed E-state index contributed by atoms with van der Waals surface area (Å²) in [6.07, 6.45) is 6.45. The molecule has 9 heteroatoms. The van der Waals surface area contributed by atoms with Gasteiger partial charge in [0, 0.05) is 19.0 Å². The normalized spacial score (nSPS) is 14.6. The molecule has 0 heterocycles. The van der Waals surface area contributed by atoms with E-state index in [1.54, 1.807) is 37.4 Å². The van der Waals surface area contributed by atoms with Crippen molar-refractivity contribution in [2.24, 2.45) is 0 Å². The summed E-state index contributed by atoms with van der Waals surface area (Å²) in [5, 5.41) is 3.21. The van der Waals surface area contributed by atoms with Gasteiger partial charge in [-0.25, -0.2) is 8.42 Å². The standard InChI is InChI=1S/C32H39N3O5S/c1-40-29-20-12-15-26(21-29)23-34(31(36)24-35(41(2,38)39)28-18-10-5-11-19-28)30(22-25-13-6-3-7-14-25)32(37)33-27-16-8-4-9-17-27/h3,5-7,10-15,18-21,27,30H,4,8-9,16-17,22-24H2,1-2H3,(H,33,37)/t30-/m1/s1. The van der Waals surface area contributed by atoms with E-state index in [1.165, 1.54) is 4.90 Å². The minimum absolute atomic E-state index is 0.0557. The van der Waals surface area contributed by atoms with Crippen molar-refractivity contribution in [1.82, 2.24) is 10.2 Å². The van der Waals surface area contributed by atoms with Crippen molar-refractivity contribution >= 4 is 27.5 Å². The number of hydrogen-bond acceptors (Lipinski definition) is 5. The maximum atomic E-state index is 14.2. The predicted octanol–water partition coefficient (Wildman–Crippen LogP) is 4.55. The molecule has 1 aliphatic carbocycles. The van der Waals surface area contributed by atoms with Gasteiger partial charge in [-0.3, -0.25) is 13.9 Å². The van der Waals surface area contributed by atoms with Crippen LogP contribution in [0.2, 0.25) is 0 Å². The molecule has 0 unspecified atom stereocenters. The van der Waals surface area contributed by atoms with Gasteiger partial charge in [0.1, 0.15) is 18.3 Å². The van der Waals surface area contributed by atoms with Crippen LogP contribution in [0.15, 0.2) is 84.9 Å². The number of amides is 2. The Hall–Kier alpha value is -3.85. The van der Waals surface area contributed by atoms with E-state index in [1.807, 2.05) is 54.6 Å². The van der Waals surface area contributed by atoms with Crippen molar-refractivity contribution in [2.45, 2.75) is 57.2 Å². The highest BCUT2D eigenvalue weighted by Crippen LogP contribution is 2.23. The second-order valence-corrected chi connectivity index (χ2v) is 12.4. The molecule has 3 aromatic carbocycles. The summed E-state index contributed by atoms with van der Waals surface area (Å²) in [4.78, 5) is 29.7. The van der Waals surface area contributed by atoms with Crippen LogP contribution in [0, 0.1) is 0 Å². The Morgan fingerprint density at radius 3 is 2.17 bits per heavy atom. The Kier molecular flexibility index (Phi) is 10.4. The molecular weight excluding hydrogens is 538 g/mol. The van der Waals surface area contributed by atoms with Crippen LogP contribution in [0.1, 0.15) is 43.2 Å². The van der Waals surface area contributed by atoms with Gasteiger partial charge in [0.05, 0.1) is 19.1 Å². The highest BCUT2D eigenvalue weighted by Gasteiger charge is 2.34. The minimum Gasteiger partial charge on any atom is -0.497 e. The Balaban J connectivity index is 1.72. The molecule has 0 bridgehead atoms. The molecule has 1 N–H and O–H groups in total. The maximum absolute atomic E-state index is 14.2. The van der Waals surface area contributed by atoms with E-state index in [4.69, 9.17) is 4.74 Å². The van der Waals surface area contributed by atoms with Crippen LogP contribution in [0.25, 0.3) is 0 Å². The average molecular weight is 578 g/mol. The van der Waals surface area contributed by atoms with Gasteiger partial charge in [0.15, 0.2) is 0 Å². The van der Waals surface area contributed by atoms with Crippen molar-refractivity contribution < 1.29 is 22.7 Å². The highest BCUT2D eigenvalue weighted by molar-refractivity contribution is 7.92. The summed E-state index contributed by atoms with van der Waals surface area (Å²) < 4.78 is 32.2. The van der Waals surface area contributed by atoms with Gasteiger partial charge in [0.25, 0.3) is 0 Å². The Morgan fingerprint density at radius 1 is 0.902 bits per heavy atom. The van der Waals surface area contributed by atoms with Gasteiger partial charge in [-0.15, -0.1) is 0 Å². The number of carbonyl (C=O) groups excluding carboxylic acids is 2. The van der Waals surface area contributed by atoms with Crippen LogP contribution in [0.3, 0.4) is 0 Å². The first kappa shape index (κ1) is 30.1. The lowest BCUT2D eigenvalue weighted by Gasteiger charge is -2.35. The summed E-state index contributed by atoms with van der Waals surface area (Å²) in [6.45, 7) is -0.327. The van der Waals surface area contributed by atoms with Crippen LogP contribution in [0.5, 0.6) is 5.75 Å². The van der Waals surface area contributed by atoms with E-state index >= 15 is 0 Å². The summed E-state index contributed by atoms with van der Waals surface area (Å²) in [5.74, 6) is -0.0762. The van der Waals surface area contributed by atoms with Crippen molar-refractivity contribution in [3.8, 4) is 5.75 Å². The fraction of sp³-hybridized carbons (Fsp3) is 0.375. The fourth-order valence-corrected chi connectivity index (χ4v) is 6.12. The van der Waals surface area contributed by atoms with Crippen LogP contribution < -0.4 is 14.4 Å². The van der Waals surface area contributed by atoms with E-state index in [2.05, 4.69) is 5.32 Å². The number of rotatable bonds is 12. The van der Waals surface area contributed by atoms with E-state index in [0.29, 0.717) is 17.9 Å². The SMILES string of the molecule is COc1cccc(CN(C(=O)CN(c2ccccc2)S(C)(=O)=O)[C@H](Cc2ccccc2)C(=O)NC2CCCCC2)c1. The topological polar surface area (TPSA) is 96.0 Å². The monoisotopic (exact) mass is 577 g/mol. The lowest BCUT2D eigenvalue weighted by atomic mass is 9.94. The highest BCUT2D eigenvalue weighted by atomic mass is 32.2. The van der Waals surface area contributed by atoms with Crippen LogP contribution >= 0.6 is 0 Å². The van der Waals surface area contributed by atoms with E-state index in [-0.39, 0.29) is 18.5 Å². The van der Waals surface area contributed by atoms with Gasteiger partial charge < -0.3 is 15.0 Å². The number of para-hydroxylation sites is 1. The number of benzene rings is 3.